The highest BCUT2D eigenvalue weighted by Crippen LogP contribution is 2.38. The number of carboxylic acids is 1. The van der Waals surface area contributed by atoms with E-state index in [0.717, 1.165) is 25.5 Å². The summed E-state index contributed by atoms with van der Waals surface area (Å²) in [5.74, 6) is 0.0904. The number of hydrogen-bond donors (Lipinski definition) is 1. The number of carboxylic acid groups (broad SMARTS) is 1. The summed E-state index contributed by atoms with van der Waals surface area (Å²) in [4.78, 5) is 24.4. The normalized spacial score (nSPS) is 32.3. The molecule has 3 unspecified atom stereocenters. The number of nitrogens with zero attached hydrogens (tertiary/aromatic N) is 1. The number of rotatable bonds is 2. The Hall–Kier alpha value is -1.32. The summed E-state index contributed by atoms with van der Waals surface area (Å²) < 4.78 is 0. The SMILES string of the molecule is CC1CCN(C(=O)/C=C/C(=O)O)C2CCCCC12. The van der Waals surface area contributed by atoms with Gasteiger partial charge in [0.1, 0.15) is 0 Å². The first kappa shape index (κ1) is 13.1. The number of piperidine rings is 1. The smallest absolute Gasteiger partial charge is 0.328 e. The fourth-order valence-electron chi connectivity index (χ4n) is 3.43. The minimum atomic E-state index is -1.06. The molecule has 0 aromatic carbocycles. The molecular weight excluding hydrogens is 230 g/mol. The van der Waals surface area contributed by atoms with Crippen LogP contribution in [0.3, 0.4) is 0 Å². The zero-order valence-corrected chi connectivity index (χ0v) is 10.8. The molecule has 2 fully saturated rings. The second-order valence-electron chi connectivity index (χ2n) is 5.48. The fraction of sp³-hybridized carbons (Fsp3) is 0.714. The summed E-state index contributed by atoms with van der Waals surface area (Å²) in [6.07, 6.45) is 7.90. The Morgan fingerprint density at radius 1 is 1.17 bits per heavy atom. The first-order valence-electron chi connectivity index (χ1n) is 6.81. The minimum Gasteiger partial charge on any atom is -0.478 e. The summed E-state index contributed by atoms with van der Waals surface area (Å²) in [5, 5.41) is 8.58. The third-order valence-electron chi connectivity index (χ3n) is 4.39. The quantitative estimate of drug-likeness (QED) is 0.764. The van der Waals surface area contributed by atoms with Crippen LogP contribution in [0.4, 0.5) is 0 Å². The average Bonchev–Trinajstić information content (AvgIpc) is 2.37. The molecule has 0 radical (unpaired) electrons. The van der Waals surface area contributed by atoms with E-state index in [4.69, 9.17) is 5.11 Å². The van der Waals surface area contributed by atoms with Crippen molar-refractivity contribution in [1.82, 2.24) is 4.90 Å². The highest BCUT2D eigenvalue weighted by molar-refractivity contribution is 5.94. The summed E-state index contributed by atoms with van der Waals surface area (Å²) in [6.45, 7) is 3.04. The predicted molar refractivity (Wildman–Crippen MR) is 68.0 cm³/mol. The van der Waals surface area contributed by atoms with Gasteiger partial charge in [-0.25, -0.2) is 4.79 Å². The average molecular weight is 251 g/mol. The van der Waals surface area contributed by atoms with Crippen molar-refractivity contribution in [3.05, 3.63) is 12.2 Å². The van der Waals surface area contributed by atoms with Gasteiger partial charge in [0.05, 0.1) is 0 Å². The van der Waals surface area contributed by atoms with Crippen LogP contribution in [0.5, 0.6) is 0 Å². The van der Waals surface area contributed by atoms with Gasteiger partial charge in [-0.2, -0.15) is 0 Å². The number of amides is 1. The predicted octanol–water partition coefficient (Wildman–Crippen LogP) is 2.05. The molecule has 0 aromatic rings. The Morgan fingerprint density at radius 3 is 2.61 bits per heavy atom. The molecule has 0 aromatic heterocycles. The zero-order valence-electron chi connectivity index (χ0n) is 10.8. The van der Waals surface area contributed by atoms with Crippen LogP contribution in [-0.4, -0.2) is 34.5 Å². The molecule has 1 saturated carbocycles. The van der Waals surface area contributed by atoms with Crippen LogP contribution in [0.1, 0.15) is 39.0 Å². The van der Waals surface area contributed by atoms with Crippen molar-refractivity contribution in [2.24, 2.45) is 11.8 Å². The number of likely N-dealkylation sites (tertiary alicyclic amines) is 1. The molecule has 18 heavy (non-hydrogen) atoms. The molecule has 1 amide bonds. The Morgan fingerprint density at radius 2 is 1.89 bits per heavy atom. The van der Waals surface area contributed by atoms with E-state index in [1.54, 1.807) is 0 Å². The van der Waals surface area contributed by atoms with Crippen LogP contribution >= 0.6 is 0 Å². The van der Waals surface area contributed by atoms with E-state index in [1.807, 2.05) is 4.90 Å². The van der Waals surface area contributed by atoms with Crippen LogP contribution < -0.4 is 0 Å². The Bertz CT molecular complexity index is 364. The van der Waals surface area contributed by atoms with Crippen molar-refractivity contribution in [3.63, 3.8) is 0 Å². The van der Waals surface area contributed by atoms with Crippen LogP contribution in [0.15, 0.2) is 12.2 Å². The van der Waals surface area contributed by atoms with Crippen LogP contribution in [0.2, 0.25) is 0 Å². The first-order valence-corrected chi connectivity index (χ1v) is 6.81. The standard InChI is InChI=1S/C14H21NO3/c1-10-8-9-15(13(16)6-7-14(17)18)12-5-3-2-4-11(10)12/h6-7,10-12H,2-5,8-9H2,1H3,(H,17,18)/b7-6+. The van der Waals surface area contributed by atoms with E-state index in [0.29, 0.717) is 17.9 Å². The van der Waals surface area contributed by atoms with Crippen LogP contribution in [-0.2, 0) is 9.59 Å². The number of carbonyl (C=O) groups is 2. The van der Waals surface area contributed by atoms with Gasteiger partial charge in [0.2, 0.25) is 5.91 Å². The summed E-state index contributed by atoms with van der Waals surface area (Å²) in [5.41, 5.74) is 0. The molecule has 2 rings (SSSR count). The van der Waals surface area contributed by atoms with E-state index < -0.39 is 5.97 Å². The van der Waals surface area contributed by atoms with E-state index in [1.165, 1.54) is 25.3 Å². The lowest BCUT2D eigenvalue weighted by atomic mass is 9.72. The van der Waals surface area contributed by atoms with E-state index in [-0.39, 0.29) is 5.91 Å². The molecular formula is C14H21NO3. The lowest BCUT2D eigenvalue weighted by Gasteiger charge is -2.47. The minimum absolute atomic E-state index is 0.138. The lowest BCUT2D eigenvalue weighted by Crippen LogP contribution is -2.51. The van der Waals surface area contributed by atoms with Gasteiger partial charge in [-0.3, -0.25) is 4.79 Å². The summed E-state index contributed by atoms with van der Waals surface area (Å²) in [7, 11) is 0. The van der Waals surface area contributed by atoms with Crippen molar-refractivity contribution < 1.29 is 14.7 Å². The molecule has 1 aliphatic carbocycles. The number of carbonyl (C=O) groups excluding carboxylic acids is 1. The molecule has 0 spiro atoms. The summed E-state index contributed by atoms with van der Waals surface area (Å²) in [6, 6.07) is 0.327. The molecule has 1 saturated heterocycles. The van der Waals surface area contributed by atoms with Gasteiger partial charge >= 0.3 is 5.97 Å². The van der Waals surface area contributed by atoms with Crippen molar-refractivity contribution in [3.8, 4) is 0 Å². The van der Waals surface area contributed by atoms with Crippen molar-refractivity contribution >= 4 is 11.9 Å². The lowest BCUT2D eigenvalue weighted by molar-refractivity contribution is -0.135. The van der Waals surface area contributed by atoms with Gasteiger partial charge in [0, 0.05) is 24.7 Å². The maximum Gasteiger partial charge on any atom is 0.328 e. The molecule has 2 aliphatic rings. The maximum atomic E-state index is 12.0. The highest BCUT2D eigenvalue weighted by atomic mass is 16.4. The molecule has 4 heteroatoms. The molecule has 4 nitrogen and oxygen atoms in total. The van der Waals surface area contributed by atoms with Gasteiger partial charge < -0.3 is 10.0 Å². The number of fused-ring (bicyclic) bond motifs is 1. The number of aliphatic carboxylic acids is 1. The second kappa shape index (κ2) is 5.55. The number of hydrogen-bond acceptors (Lipinski definition) is 2. The van der Waals surface area contributed by atoms with Gasteiger partial charge in [-0.05, 0) is 31.1 Å². The van der Waals surface area contributed by atoms with Gasteiger partial charge in [-0.15, -0.1) is 0 Å². The molecule has 1 aliphatic heterocycles. The van der Waals surface area contributed by atoms with Gasteiger partial charge in [-0.1, -0.05) is 19.8 Å². The van der Waals surface area contributed by atoms with E-state index in [9.17, 15) is 9.59 Å². The van der Waals surface area contributed by atoms with Crippen molar-refractivity contribution in [2.75, 3.05) is 6.54 Å². The highest BCUT2D eigenvalue weighted by Gasteiger charge is 2.38. The Labute approximate surface area is 108 Å². The molecule has 1 N–H and O–H groups in total. The van der Waals surface area contributed by atoms with Crippen molar-refractivity contribution in [2.45, 2.75) is 45.1 Å². The first-order chi connectivity index (χ1) is 8.59. The van der Waals surface area contributed by atoms with Crippen LogP contribution in [0, 0.1) is 11.8 Å². The van der Waals surface area contributed by atoms with Crippen LogP contribution in [0.25, 0.3) is 0 Å². The third-order valence-corrected chi connectivity index (χ3v) is 4.39. The molecule has 0 bridgehead atoms. The largest absolute Gasteiger partial charge is 0.478 e. The molecule has 3 atom stereocenters. The second-order valence-corrected chi connectivity index (χ2v) is 5.48. The Balaban J connectivity index is 2.07. The molecule has 1 heterocycles. The van der Waals surface area contributed by atoms with Crippen molar-refractivity contribution in [1.29, 1.82) is 0 Å². The van der Waals surface area contributed by atoms with Gasteiger partial charge in [0.25, 0.3) is 0 Å². The topological polar surface area (TPSA) is 57.6 Å². The Kier molecular flexibility index (Phi) is 4.04. The molecule has 100 valence electrons. The fourth-order valence-corrected chi connectivity index (χ4v) is 3.43. The van der Waals surface area contributed by atoms with E-state index in [2.05, 4.69) is 6.92 Å². The summed E-state index contributed by atoms with van der Waals surface area (Å²) >= 11 is 0. The zero-order chi connectivity index (χ0) is 13.1. The van der Waals surface area contributed by atoms with Gasteiger partial charge in [0.15, 0.2) is 0 Å². The maximum absolute atomic E-state index is 12.0. The monoisotopic (exact) mass is 251 g/mol. The van der Waals surface area contributed by atoms with E-state index >= 15 is 0 Å². The third kappa shape index (κ3) is 2.74.